The molecule has 4 rings (SSSR count). The first-order valence-corrected chi connectivity index (χ1v) is 11.8. The number of carbonyl (C=O) groups excluding carboxylic acids is 1. The highest BCUT2D eigenvalue weighted by Crippen LogP contribution is 2.39. The fourth-order valence-electron chi connectivity index (χ4n) is 3.68. The van der Waals surface area contributed by atoms with Crippen molar-refractivity contribution in [2.45, 2.75) is 39.2 Å². The van der Waals surface area contributed by atoms with E-state index in [1.165, 1.54) is 13.3 Å². The number of imidazole rings is 1. The molecule has 1 aromatic carbocycles. The fraction of sp³-hybridized carbons (Fsp3) is 0.429. The van der Waals surface area contributed by atoms with Crippen LogP contribution in [0.4, 0.5) is 5.95 Å². The van der Waals surface area contributed by atoms with Gasteiger partial charge >= 0.3 is 14.2 Å². The van der Waals surface area contributed by atoms with Crippen LogP contribution in [-0.4, -0.2) is 50.9 Å². The Morgan fingerprint density at radius 1 is 1.26 bits per heavy atom. The standard InChI is InChI=1S/C21H25N5O7P/c1-4-29-19-16-18(24-21(22)25-19)26(11-23-16)20-17(31-13(3)27)12(2)15(32-20)10-30-34(28)33-14-8-6-5-7-9-14/h5-9,11-12,15,17,20H,4,10H2,1-3H3,(H2,22,24,25)/q+1/t12-,15-,17-,20-/m1/s1. The molecule has 1 unspecified atom stereocenters. The van der Waals surface area contributed by atoms with Gasteiger partial charge < -0.3 is 19.9 Å². The van der Waals surface area contributed by atoms with Crippen LogP contribution in [0.3, 0.4) is 0 Å². The van der Waals surface area contributed by atoms with Crippen molar-refractivity contribution >= 4 is 31.3 Å². The molecule has 0 aliphatic carbocycles. The predicted octanol–water partition coefficient (Wildman–Crippen LogP) is 3.03. The summed E-state index contributed by atoms with van der Waals surface area (Å²) < 4.78 is 41.8. The Morgan fingerprint density at radius 2 is 2.03 bits per heavy atom. The number of rotatable bonds is 9. The molecular weight excluding hydrogens is 465 g/mol. The van der Waals surface area contributed by atoms with Gasteiger partial charge in [0.25, 0.3) is 0 Å². The third-order valence-corrected chi connectivity index (χ3v) is 5.95. The van der Waals surface area contributed by atoms with E-state index in [1.54, 1.807) is 28.8 Å². The number of anilines is 1. The molecule has 1 aliphatic heterocycles. The molecular formula is C21H25N5O7P+. The van der Waals surface area contributed by atoms with Crippen molar-refractivity contribution < 1.29 is 32.6 Å². The zero-order valence-corrected chi connectivity index (χ0v) is 19.8. The minimum absolute atomic E-state index is 0.00252. The van der Waals surface area contributed by atoms with Crippen LogP contribution >= 0.6 is 8.25 Å². The number of benzene rings is 1. The maximum Gasteiger partial charge on any atom is 0.750 e. The van der Waals surface area contributed by atoms with Crippen molar-refractivity contribution in [3.05, 3.63) is 36.7 Å². The Labute approximate surface area is 196 Å². The Hall–Kier alpha value is -3.34. The summed E-state index contributed by atoms with van der Waals surface area (Å²) >= 11 is 0. The van der Waals surface area contributed by atoms with Crippen LogP contribution in [0.1, 0.15) is 27.0 Å². The fourth-order valence-corrected chi connectivity index (χ4v) is 4.30. The topological polar surface area (TPSA) is 150 Å². The van der Waals surface area contributed by atoms with Gasteiger partial charge in [0.15, 0.2) is 29.2 Å². The van der Waals surface area contributed by atoms with E-state index in [2.05, 4.69) is 15.0 Å². The monoisotopic (exact) mass is 490 g/mol. The van der Waals surface area contributed by atoms with Crippen LogP contribution in [0.5, 0.6) is 11.6 Å². The van der Waals surface area contributed by atoms with Crippen molar-refractivity contribution in [1.82, 2.24) is 19.5 Å². The Kier molecular flexibility index (Phi) is 7.20. The molecule has 0 amide bonds. The lowest BCUT2D eigenvalue weighted by Gasteiger charge is -2.21. The van der Waals surface area contributed by atoms with E-state index in [1.807, 2.05) is 19.9 Å². The molecule has 3 aromatic rings. The van der Waals surface area contributed by atoms with Gasteiger partial charge in [0, 0.05) is 17.4 Å². The number of esters is 1. The number of nitrogens with two attached hydrogens (primary N) is 1. The minimum Gasteiger partial charge on any atom is -0.476 e. The highest BCUT2D eigenvalue weighted by molar-refractivity contribution is 7.33. The van der Waals surface area contributed by atoms with Crippen molar-refractivity contribution in [3.8, 4) is 11.6 Å². The summed E-state index contributed by atoms with van der Waals surface area (Å²) in [4.78, 5) is 24.5. The lowest BCUT2D eigenvalue weighted by atomic mass is 10.0. The molecule has 0 bridgehead atoms. The van der Waals surface area contributed by atoms with Gasteiger partial charge in [0.05, 0.1) is 19.0 Å². The van der Waals surface area contributed by atoms with Crippen LogP contribution in [-0.2, 0) is 23.4 Å². The van der Waals surface area contributed by atoms with E-state index in [9.17, 15) is 9.36 Å². The number of hydrogen-bond acceptors (Lipinski definition) is 11. The SMILES string of the molecule is CCOc1nc(N)nc2c1ncn2[C@@H]1O[C@H](CO[P+](=O)Oc2ccccc2)[C@@H](C)[C@H]1OC(C)=O. The predicted molar refractivity (Wildman–Crippen MR) is 120 cm³/mol. The Morgan fingerprint density at radius 3 is 2.74 bits per heavy atom. The van der Waals surface area contributed by atoms with Crippen molar-refractivity contribution in [2.75, 3.05) is 18.9 Å². The normalized spacial score (nSPS) is 22.5. The lowest BCUT2D eigenvalue weighted by Crippen LogP contribution is -2.30. The van der Waals surface area contributed by atoms with Crippen LogP contribution in [0, 0.1) is 5.92 Å². The molecule has 5 atom stereocenters. The molecule has 3 heterocycles. The van der Waals surface area contributed by atoms with Gasteiger partial charge in [-0.25, -0.2) is 9.51 Å². The minimum atomic E-state index is -2.43. The van der Waals surface area contributed by atoms with Crippen molar-refractivity contribution in [1.29, 1.82) is 0 Å². The van der Waals surface area contributed by atoms with E-state index >= 15 is 0 Å². The first-order valence-electron chi connectivity index (χ1n) is 10.7. The quantitative estimate of drug-likeness (QED) is 0.348. The second-order valence-corrected chi connectivity index (χ2v) is 8.45. The van der Waals surface area contributed by atoms with E-state index in [4.69, 9.17) is 29.0 Å². The average Bonchev–Trinajstić information content (AvgIpc) is 3.34. The zero-order valence-electron chi connectivity index (χ0n) is 18.9. The summed E-state index contributed by atoms with van der Waals surface area (Å²) in [6.07, 6.45) is -0.537. The summed E-state index contributed by atoms with van der Waals surface area (Å²) in [7, 11) is -2.43. The third kappa shape index (κ3) is 5.09. The number of para-hydroxylation sites is 1. The van der Waals surface area contributed by atoms with Crippen molar-refractivity contribution in [2.24, 2.45) is 5.92 Å². The number of ether oxygens (including phenoxy) is 3. The highest BCUT2D eigenvalue weighted by atomic mass is 31.1. The number of nitrogen functional groups attached to an aromatic ring is 1. The zero-order chi connectivity index (χ0) is 24.2. The Balaban J connectivity index is 1.55. The lowest BCUT2D eigenvalue weighted by molar-refractivity contribution is -0.153. The maximum atomic E-state index is 12.3. The van der Waals surface area contributed by atoms with E-state index < -0.39 is 32.7 Å². The molecule has 0 spiro atoms. The third-order valence-electron chi connectivity index (χ3n) is 5.23. The van der Waals surface area contributed by atoms with Gasteiger partial charge in [-0.2, -0.15) is 9.97 Å². The molecule has 1 saturated heterocycles. The van der Waals surface area contributed by atoms with Gasteiger partial charge in [-0.05, 0) is 19.1 Å². The molecule has 12 nitrogen and oxygen atoms in total. The number of aromatic nitrogens is 4. The van der Waals surface area contributed by atoms with Gasteiger partial charge in [-0.3, -0.25) is 9.36 Å². The van der Waals surface area contributed by atoms with Crippen LogP contribution in [0.25, 0.3) is 11.2 Å². The largest absolute Gasteiger partial charge is 0.750 e. The number of hydrogen-bond donors (Lipinski definition) is 1. The molecule has 0 saturated carbocycles. The molecule has 2 N–H and O–H groups in total. The number of nitrogens with zero attached hydrogens (tertiary/aromatic N) is 4. The summed E-state index contributed by atoms with van der Waals surface area (Å²) in [5.74, 6) is -0.112. The summed E-state index contributed by atoms with van der Waals surface area (Å²) in [6, 6.07) is 8.69. The average molecular weight is 490 g/mol. The second-order valence-electron chi connectivity index (χ2n) is 7.57. The van der Waals surface area contributed by atoms with Gasteiger partial charge in [0.2, 0.25) is 11.8 Å². The second kappa shape index (κ2) is 10.3. The molecule has 0 radical (unpaired) electrons. The molecule has 1 fully saturated rings. The smallest absolute Gasteiger partial charge is 0.476 e. The van der Waals surface area contributed by atoms with Crippen LogP contribution in [0.2, 0.25) is 0 Å². The summed E-state index contributed by atoms with van der Waals surface area (Å²) in [5.41, 5.74) is 6.62. The number of fused-ring (bicyclic) bond motifs is 1. The maximum absolute atomic E-state index is 12.3. The molecule has 13 heteroatoms. The van der Waals surface area contributed by atoms with E-state index in [-0.39, 0.29) is 24.4 Å². The van der Waals surface area contributed by atoms with Crippen molar-refractivity contribution in [3.63, 3.8) is 0 Å². The summed E-state index contributed by atoms with van der Waals surface area (Å²) in [6.45, 7) is 5.30. The highest BCUT2D eigenvalue weighted by Gasteiger charge is 2.47. The van der Waals surface area contributed by atoms with Gasteiger partial charge in [-0.15, -0.1) is 4.52 Å². The molecule has 34 heavy (non-hydrogen) atoms. The van der Waals surface area contributed by atoms with Gasteiger partial charge in [0.1, 0.15) is 6.61 Å². The van der Waals surface area contributed by atoms with Crippen LogP contribution in [0.15, 0.2) is 36.7 Å². The summed E-state index contributed by atoms with van der Waals surface area (Å²) in [5, 5.41) is 0. The van der Waals surface area contributed by atoms with E-state index in [0.717, 1.165) is 0 Å². The Bertz CT molecular complexity index is 1180. The number of carbonyl (C=O) groups is 1. The first kappa shape index (κ1) is 23.8. The van der Waals surface area contributed by atoms with Crippen LogP contribution < -0.4 is 15.0 Å². The molecule has 1 aliphatic rings. The molecule has 2 aromatic heterocycles. The first-order chi connectivity index (χ1) is 16.4. The molecule has 180 valence electrons. The van der Waals surface area contributed by atoms with Gasteiger partial charge in [-0.1, -0.05) is 25.1 Å². The van der Waals surface area contributed by atoms with E-state index in [0.29, 0.717) is 23.5 Å².